The maximum Gasteiger partial charge on any atom is 0.455 e. The number of aromatic nitrogens is 3. The van der Waals surface area contributed by atoms with Crippen LogP contribution in [0.2, 0.25) is 0 Å². The van der Waals surface area contributed by atoms with E-state index in [1.165, 1.54) is 0 Å². The molecule has 7 nitrogen and oxygen atoms in total. The van der Waals surface area contributed by atoms with Gasteiger partial charge in [0, 0.05) is 13.1 Å². The molecule has 1 heterocycles. The molecule has 0 bridgehead atoms. The average molecular weight is 185 g/mol. The first kappa shape index (κ1) is 9.43. The second kappa shape index (κ2) is 3.83. The van der Waals surface area contributed by atoms with Gasteiger partial charge in [0.2, 0.25) is 0 Å². The van der Waals surface area contributed by atoms with Gasteiger partial charge in [-0.2, -0.15) is 0 Å². The quantitative estimate of drug-likeness (QED) is 0.547. The minimum atomic E-state index is -0.597. The van der Waals surface area contributed by atoms with Crippen LogP contribution in [0.4, 0.5) is 11.9 Å². The van der Waals surface area contributed by atoms with Crippen LogP contribution < -0.4 is 4.90 Å². The molecular formula is C6H11N5O2. The third-order valence-corrected chi connectivity index (χ3v) is 1.68. The topological polar surface area (TPSA) is 88.0 Å². The van der Waals surface area contributed by atoms with Crippen LogP contribution in [0.25, 0.3) is 0 Å². The fraction of sp³-hybridized carbons (Fsp3) is 0.667. The molecule has 0 fully saturated rings. The van der Waals surface area contributed by atoms with Crippen LogP contribution in [0.5, 0.6) is 0 Å². The normalized spacial score (nSPS) is 10.0. The SMILES string of the molecule is CCN(CC)c1n[nH]c([N+](=O)[O-])n1. The van der Waals surface area contributed by atoms with Crippen LogP contribution in [0.1, 0.15) is 13.8 Å². The van der Waals surface area contributed by atoms with Gasteiger partial charge in [0.25, 0.3) is 0 Å². The van der Waals surface area contributed by atoms with Crippen molar-refractivity contribution >= 4 is 11.9 Å². The molecule has 0 saturated carbocycles. The van der Waals surface area contributed by atoms with E-state index in [9.17, 15) is 10.1 Å². The Labute approximate surface area is 74.9 Å². The molecule has 13 heavy (non-hydrogen) atoms. The molecule has 7 heteroatoms. The largest absolute Gasteiger partial charge is 0.455 e. The second-order valence-corrected chi connectivity index (χ2v) is 2.39. The Morgan fingerprint density at radius 2 is 2.15 bits per heavy atom. The van der Waals surface area contributed by atoms with Gasteiger partial charge in [0.05, 0.1) is 0 Å². The number of nitrogens with one attached hydrogen (secondary N) is 1. The summed E-state index contributed by atoms with van der Waals surface area (Å²) in [6.07, 6.45) is 0. The summed E-state index contributed by atoms with van der Waals surface area (Å²) in [5.41, 5.74) is 0. The second-order valence-electron chi connectivity index (χ2n) is 2.39. The van der Waals surface area contributed by atoms with Gasteiger partial charge in [-0.25, -0.2) is 0 Å². The van der Waals surface area contributed by atoms with Crippen molar-refractivity contribution in [1.29, 1.82) is 0 Å². The van der Waals surface area contributed by atoms with E-state index >= 15 is 0 Å². The van der Waals surface area contributed by atoms with Gasteiger partial charge in [-0.15, -0.1) is 5.10 Å². The van der Waals surface area contributed by atoms with E-state index in [0.717, 1.165) is 13.1 Å². The van der Waals surface area contributed by atoms with E-state index in [1.807, 2.05) is 18.7 Å². The van der Waals surface area contributed by atoms with E-state index < -0.39 is 4.92 Å². The summed E-state index contributed by atoms with van der Waals surface area (Å²) in [4.78, 5) is 15.2. The lowest BCUT2D eigenvalue weighted by Gasteiger charge is -2.12. The number of rotatable bonds is 4. The molecule has 0 aromatic carbocycles. The van der Waals surface area contributed by atoms with Crippen molar-refractivity contribution in [2.75, 3.05) is 18.0 Å². The van der Waals surface area contributed by atoms with Gasteiger partial charge in [-0.1, -0.05) is 5.10 Å². The molecule has 0 amide bonds. The van der Waals surface area contributed by atoms with Crippen LogP contribution in [0, 0.1) is 10.1 Å². The van der Waals surface area contributed by atoms with Crippen molar-refractivity contribution in [3.8, 4) is 0 Å². The third-order valence-electron chi connectivity index (χ3n) is 1.68. The highest BCUT2D eigenvalue weighted by Crippen LogP contribution is 2.09. The van der Waals surface area contributed by atoms with Crippen LogP contribution in [0.15, 0.2) is 0 Å². The number of anilines is 1. The predicted octanol–water partition coefficient (Wildman–Crippen LogP) is 0.559. The van der Waals surface area contributed by atoms with E-state index in [2.05, 4.69) is 15.2 Å². The summed E-state index contributed by atoms with van der Waals surface area (Å²) < 4.78 is 0. The van der Waals surface area contributed by atoms with Gasteiger partial charge in [-0.3, -0.25) is 0 Å². The van der Waals surface area contributed by atoms with Crippen molar-refractivity contribution in [2.24, 2.45) is 0 Å². The zero-order chi connectivity index (χ0) is 9.84. The number of hydrogen-bond acceptors (Lipinski definition) is 5. The highest BCUT2D eigenvalue weighted by atomic mass is 16.6. The molecular weight excluding hydrogens is 174 g/mol. The smallest absolute Gasteiger partial charge is 0.390 e. The van der Waals surface area contributed by atoms with Crippen molar-refractivity contribution in [1.82, 2.24) is 15.2 Å². The maximum atomic E-state index is 10.3. The van der Waals surface area contributed by atoms with Crippen molar-refractivity contribution in [3.63, 3.8) is 0 Å². The summed E-state index contributed by atoms with van der Waals surface area (Å²) in [5.74, 6) is 0.0543. The van der Waals surface area contributed by atoms with Crippen LogP contribution in [-0.2, 0) is 0 Å². The standard InChI is InChI=1S/C6H11N5O2/c1-3-10(4-2)5-7-6(9-8-5)11(12)13/h3-4H2,1-2H3,(H,7,8,9). The van der Waals surface area contributed by atoms with E-state index in [-0.39, 0.29) is 5.95 Å². The monoisotopic (exact) mass is 185 g/mol. The molecule has 0 radical (unpaired) electrons. The van der Waals surface area contributed by atoms with E-state index in [0.29, 0.717) is 5.95 Å². The summed E-state index contributed by atoms with van der Waals surface area (Å²) >= 11 is 0. The molecule has 1 aromatic heterocycles. The Morgan fingerprint density at radius 1 is 1.54 bits per heavy atom. The molecule has 0 spiro atoms. The average Bonchev–Trinajstić information content (AvgIpc) is 2.56. The Kier molecular flexibility index (Phi) is 2.78. The number of nitro groups is 1. The molecule has 0 aliphatic rings. The third kappa shape index (κ3) is 1.92. The molecule has 0 saturated heterocycles. The molecule has 0 aliphatic heterocycles. The molecule has 0 atom stereocenters. The highest BCUT2D eigenvalue weighted by Gasteiger charge is 2.17. The first-order valence-electron chi connectivity index (χ1n) is 4.00. The highest BCUT2D eigenvalue weighted by molar-refractivity contribution is 5.30. The molecule has 0 aliphatic carbocycles. The van der Waals surface area contributed by atoms with Gasteiger partial charge in [0.15, 0.2) is 0 Å². The predicted molar refractivity (Wildman–Crippen MR) is 46.6 cm³/mol. The van der Waals surface area contributed by atoms with Crippen LogP contribution >= 0.6 is 0 Å². The summed E-state index contributed by atoms with van der Waals surface area (Å²) in [6.45, 7) is 5.33. The number of H-pyrrole nitrogens is 1. The van der Waals surface area contributed by atoms with Crippen LogP contribution in [0.3, 0.4) is 0 Å². The number of nitrogens with zero attached hydrogens (tertiary/aromatic N) is 4. The first-order valence-corrected chi connectivity index (χ1v) is 4.00. The summed E-state index contributed by atoms with van der Waals surface area (Å²) in [7, 11) is 0. The van der Waals surface area contributed by atoms with Gasteiger partial charge in [-0.05, 0) is 23.8 Å². The molecule has 0 unspecified atom stereocenters. The zero-order valence-corrected chi connectivity index (χ0v) is 7.52. The molecule has 1 N–H and O–H groups in total. The zero-order valence-electron chi connectivity index (χ0n) is 7.52. The maximum absolute atomic E-state index is 10.3. The van der Waals surface area contributed by atoms with Crippen molar-refractivity contribution < 1.29 is 4.92 Å². The van der Waals surface area contributed by atoms with Crippen molar-refractivity contribution in [2.45, 2.75) is 13.8 Å². The minimum absolute atomic E-state index is 0.318. The Morgan fingerprint density at radius 3 is 2.54 bits per heavy atom. The lowest BCUT2D eigenvalue weighted by atomic mass is 10.5. The number of hydrogen-bond donors (Lipinski definition) is 1. The van der Waals surface area contributed by atoms with Crippen molar-refractivity contribution in [3.05, 3.63) is 10.1 Å². The minimum Gasteiger partial charge on any atom is -0.390 e. The Hall–Kier alpha value is -1.66. The van der Waals surface area contributed by atoms with Crippen LogP contribution in [-0.4, -0.2) is 33.2 Å². The Balaban J connectivity index is 2.84. The fourth-order valence-electron chi connectivity index (χ4n) is 0.974. The van der Waals surface area contributed by atoms with Gasteiger partial charge >= 0.3 is 11.9 Å². The lowest BCUT2D eigenvalue weighted by molar-refractivity contribution is -0.394. The number of aromatic amines is 1. The molecule has 1 rings (SSSR count). The fourth-order valence-corrected chi connectivity index (χ4v) is 0.974. The summed E-state index contributed by atoms with van der Waals surface area (Å²) in [6, 6.07) is 0. The first-order chi connectivity index (χ1) is 6.19. The molecule has 72 valence electrons. The van der Waals surface area contributed by atoms with E-state index in [1.54, 1.807) is 0 Å². The van der Waals surface area contributed by atoms with Gasteiger partial charge < -0.3 is 15.0 Å². The Bertz CT molecular complexity index is 293. The van der Waals surface area contributed by atoms with E-state index in [4.69, 9.17) is 0 Å². The van der Waals surface area contributed by atoms with Gasteiger partial charge in [0.1, 0.15) is 0 Å². The molecule has 1 aromatic rings. The lowest BCUT2D eigenvalue weighted by Crippen LogP contribution is -2.23. The summed E-state index contributed by atoms with van der Waals surface area (Å²) in [5, 5.41) is 16.2.